The van der Waals surface area contributed by atoms with Crippen LogP contribution >= 0.6 is 11.3 Å². The van der Waals surface area contributed by atoms with Gasteiger partial charge in [-0.25, -0.2) is 9.67 Å². The van der Waals surface area contributed by atoms with E-state index in [9.17, 15) is 14.4 Å². The Balaban J connectivity index is 1.55. The molecule has 3 heterocycles. The van der Waals surface area contributed by atoms with Gasteiger partial charge in [-0.15, -0.1) is 11.3 Å². The van der Waals surface area contributed by atoms with Gasteiger partial charge in [0.25, 0.3) is 17.4 Å². The lowest BCUT2D eigenvalue weighted by atomic mass is 10.1. The number of fused-ring (bicyclic) bond motifs is 1. The number of furan rings is 1. The number of hydrogen-bond acceptors (Lipinski definition) is 7. The fraction of sp³-hybridized carbons (Fsp3) is 0.261. The average molecular weight is 466 g/mol. The first-order chi connectivity index (χ1) is 16.0. The van der Waals surface area contributed by atoms with E-state index in [4.69, 9.17) is 4.42 Å². The van der Waals surface area contributed by atoms with Crippen molar-refractivity contribution in [2.24, 2.45) is 0 Å². The molecule has 0 radical (unpaired) electrons. The summed E-state index contributed by atoms with van der Waals surface area (Å²) >= 11 is 1.32. The maximum absolute atomic E-state index is 12.9. The van der Waals surface area contributed by atoms with Gasteiger partial charge in [-0.2, -0.15) is 5.10 Å². The van der Waals surface area contributed by atoms with Crippen LogP contribution in [0.4, 0.5) is 0 Å². The molecule has 2 N–H and O–H groups in total. The van der Waals surface area contributed by atoms with Crippen LogP contribution in [0.3, 0.4) is 0 Å². The van der Waals surface area contributed by atoms with Crippen LogP contribution < -0.4 is 16.4 Å². The van der Waals surface area contributed by atoms with E-state index in [-0.39, 0.29) is 16.9 Å². The molecule has 0 bridgehead atoms. The van der Waals surface area contributed by atoms with Gasteiger partial charge >= 0.3 is 0 Å². The van der Waals surface area contributed by atoms with Crippen molar-refractivity contribution in [1.29, 1.82) is 0 Å². The lowest BCUT2D eigenvalue weighted by Crippen LogP contribution is -2.43. The number of amides is 2. The summed E-state index contributed by atoms with van der Waals surface area (Å²) in [7, 11) is 0. The smallest absolute Gasteiger partial charge is 0.290 e. The van der Waals surface area contributed by atoms with Crippen molar-refractivity contribution in [2.45, 2.75) is 39.7 Å². The first kappa shape index (κ1) is 22.4. The lowest BCUT2D eigenvalue weighted by molar-refractivity contribution is 0.0841. The molecule has 170 valence electrons. The van der Waals surface area contributed by atoms with Crippen LogP contribution in [-0.4, -0.2) is 26.6 Å². The Kier molecular flexibility index (Phi) is 6.64. The number of rotatable bonds is 7. The van der Waals surface area contributed by atoms with Gasteiger partial charge in [0, 0.05) is 16.8 Å². The zero-order chi connectivity index (χ0) is 23.4. The second kappa shape index (κ2) is 9.78. The predicted molar refractivity (Wildman–Crippen MR) is 125 cm³/mol. The number of aryl methyl sites for hydroxylation is 2. The summed E-state index contributed by atoms with van der Waals surface area (Å²) in [6.07, 6.45) is 4.26. The number of carbonyl (C=O) groups excluding carboxylic acids is 2. The molecule has 3 aromatic heterocycles. The number of unbranched alkanes of at least 4 members (excludes halogenated alkanes) is 2. The molecule has 9 nitrogen and oxygen atoms in total. The molecule has 2 amide bonds. The molecule has 4 aromatic rings. The summed E-state index contributed by atoms with van der Waals surface area (Å²) in [5.41, 5.74) is 4.80. The largest absolute Gasteiger partial charge is 0.462 e. The zero-order valence-electron chi connectivity index (χ0n) is 18.3. The highest BCUT2D eigenvalue weighted by atomic mass is 32.1. The lowest BCUT2D eigenvalue weighted by Gasteiger charge is -2.11. The number of hydrazine groups is 1. The summed E-state index contributed by atoms with van der Waals surface area (Å²) in [5.74, 6) is -0.620. The molecule has 0 aliphatic heterocycles. The molecule has 0 saturated heterocycles. The van der Waals surface area contributed by atoms with Crippen molar-refractivity contribution >= 4 is 33.9 Å². The normalized spacial score (nSPS) is 11.0. The third-order valence-corrected chi connectivity index (χ3v) is 6.07. The fourth-order valence-corrected chi connectivity index (χ4v) is 4.29. The first-order valence-corrected chi connectivity index (χ1v) is 11.4. The van der Waals surface area contributed by atoms with Crippen LogP contribution in [-0.2, 0) is 6.54 Å². The van der Waals surface area contributed by atoms with Gasteiger partial charge in [0.15, 0.2) is 16.5 Å². The summed E-state index contributed by atoms with van der Waals surface area (Å²) in [4.78, 5) is 43.4. The number of hydrogen-bond donors (Lipinski definition) is 2. The summed E-state index contributed by atoms with van der Waals surface area (Å²) in [6.45, 7) is 4.25. The van der Waals surface area contributed by atoms with Crippen molar-refractivity contribution in [3.63, 3.8) is 0 Å². The second-order valence-corrected chi connectivity index (χ2v) is 8.64. The maximum Gasteiger partial charge on any atom is 0.290 e. The van der Waals surface area contributed by atoms with Gasteiger partial charge in [-0.05, 0) is 31.5 Å². The van der Waals surface area contributed by atoms with Crippen LogP contribution in [0.15, 0.2) is 51.9 Å². The van der Waals surface area contributed by atoms with E-state index in [2.05, 4.69) is 27.9 Å². The minimum atomic E-state index is -0.622. The molecule has 1 aromatic carbocycles. The molecule has 0 saturated carbocycles. The van der Waals surface area contributed by atoms with E-state index in [1.165, 1.54) is 22.3 Å². The van der Waals surface area contributed by atoms with Gasteiger partial charge < -0.3 is 4.42 Å². The number of nitrogens with one attached hydrogen (secondary N) is 2. The van der Waals surface area contributed by atoms with Crippen molar-refractivity contribution in [3.05, 3.63) is 69.3 Å². The van der Waals surface area contributed by atoms with Gasteiger partial charge in [-0.3, -0.25) is 25.2 Å². The number of aromatic nitrogens is 3. The average Bonchev–Trinajstić information content (AvgIpc) is 3.49. The Morgan fingerprint density at radius 3 is 2.45 bits per heavy atom. The van der Waals surface area contributed by atoms with Gasteiger partial charge in [0.2, 0.25) is 0 Å². The topological polar surface area (TPSA) is 119 Å². The van der Waals surface area contributed by atoms with Gasteiger partial charge in [-0.1, -0.05) is 38.0 Å². The standard InChI is InChI=1S/C23H23N5O4S/c1-3-4-7-12-28-23(31)16-10-6-5-9-15(16)19(27-28)21(30)26-25-20(29)18-14(2)33-22(24-18)17-11-8-13-32-17/h5-6,8-11,13H,3-4,7,12H2,1-2H3,(H,25,29)(H,26,30). The Labute approximate surface area is 193 Å². The third-order valence-electron chi connectivity index (χ3n) is 5.09. The van der Waals surface area contributed by atoms with E-state index in [1.807, 2.05) is 0 Å². The van der Waals surface area contributed by atoms with Crippen molar-refractivity contribution in [3.8, 4) is 10.8 Å². The highest BCUT2D eigenvalue weighted by molar-refractivity contribution is 7.15. The molecule has 0 unspecified atom stereocenters. The van der Waals surface area contributed by atoms with Crippen molar-refractivity contribution in [2.75, 3.05) is 0 Å². The van der Waals surface area contributed by atoms with E-state index in [0.717, 1.165) is 19.3 Å². The van der Waals surface area contributed by atoms with Gasteiger partial charge in [0.05, 0.1) is 11.6 Å². The molecule has 0 aliphatic carbocycles. The molecule has 0 fully saturated rings. The highest BCUT2D eigenvalue weighted by Gasteiger charge is 2.20. The van der Waals surface area contributed by atoms with E-state index < -0.39 is 11.8 Å². The van der Waals surface area contributed by atoms with Crippen molar-refractivity contribution in [1.82, 2.24) is 25.6 Å². The Bertz CT molecular complexity index is 1360. The number of benzene rings is 1. The van der Waals surface area contributed by atoms with Gasteiger partial charge in [0.1, 0.15) is 5.69 Å². The SMILES string of the molecule is CCCCCn1nc(C(=O)NNC(=O)c2nc(-c3ccco3)sc2C)c2ccccc2c1=O. The summed E-state index contributed by atoms with van der Waals surface area (Å²) in [6, 6.07) is 10.3. The summed E-state index contributed by atoms with van der Waals surface area (Å²) < 4.78 is 6.65. The maximum atomic E-state index is 12.9. The third kappa shape index (κ3) is 4.70. The van der Waals surface area contributed by atoms with E-state index in [0.29, 0.717) is 33.0 Å². The Hall–Kier alpha value is -3.79. The number of thiazole rings is 1. The quantitative estimate of drug-likeness (QED) is 0.317. The highest BCUT2D eigenvalue weighted by Crippen LogP contribution is 2.27. The summed E-state index contributed by atoms with van der Waals surface area (Å²) in [5, 5.41) is 5.69. The van der Waals surface area contributed by atoms with Crippen LogP contribution in [0.2, 0.25) is 0 Å². The molecular formula is C23H23N5O4S. The molecule has 0 atom stereocenters. The number of nitrogens with zero attached hydrogens (tertiary/aromatic N) is 3. The van der Waals surface area contributed by atoms with E-state index >= 15 is 0 Å². The monoisotopic (exact) mass is 465 g/mol. The molecule has 33 heavy (non-hydrogen) atoms. The second-order valence-electron chi connectivity index (χ2n) is 7.44. The number of carbonyl (C=O) groups is 2. The molecule has 10 heteroatoms. The predicted octanol–water partition coefficient (Wildman–Crippen LogP) is 3.69. The molecule has 0 aliphatic rings. The van der Waals surface area contributed by atoms with Crippen LogP contribution in [0, 0.1) is 6.92 Å². The minimum Gasteiger partial charge on any atom is -0.462 e. The van der Waals surface area contributed by atoms with Crippen molar-refractivity contribution < 1.29 is 14.0 Å². The molecule has 0 spiro atoms. The minimum absolute atomic E-state index is 0.0632. The Morgan fingerprint density at radius 2 is 1.76 bits per heavy atom. The first-order valence-electron chi connectivity index (χ1n) is 10.6. The fourth-order valence-electron chi connectivity index (χ4n) is 3.41. The van der Waals surface area contributed by atoms with Crippen LogP contribution in [0.5, 0.6) is 0 Å². The van der Waals surface area contributed by atoms with Crippen LogP contribution in [0.1, 0.15) is 52.0 Å². The Morgan fingerprint density at radius 1 is 1.03 bits per heavy atom. The molecular weight excluding hydrogens is 442 g/mol. The van der Waals surface area contributed by atoms with Crippen LogP contribution in [0.25, 0.3) is 21.5 Å². The molecule has 4 rings (SSSR count). The zero-order valence-corrected chi connectivity index (χ0v) is 19.1. The van der Waals surface area contributed by atoms with E-state index in [1.54, 1.807) is 43.3 Å².